The summed E-state index contributed by atoms with van der Waals surface area (Å²) in [5.41, 5.74) is 7.64. The van der Waals surface area contributed by atoms with E-state index >= 15 is 0 Å². The van der Waals surface area contributed by atoms with Crippen molar-refractivity contribution in [3.63, 3.8) is 0 Å². The zero-order valence-electron chi connectivity index (χ0n) is 8.31. The molecule has 0 bridgehead atoms. The number of nitrogens with two attached hydrogens (primary N) is 1. The molecule has 5 heteroatoms. The molecular formula is C10H11BrN4. The lowest BCUT2D eigenvalue weighted by atomic mass is 10.2. The van der Waals surface area contributed by atoms with Crippen LogP contribution < -0.4 is 5.73 Å². The van der Waals surface area contributed by atoms with Crippen LogP contribution in [0.25, 0.3) is 5.82 Å². The molecule has 78 valence electrons. The molecule has 0 amide bonds. The third-order valence-corrected chi connectivity index (χ3v) is 2.52. The standard InChI is InChI=1S/C10H11BrN4/c1-7-2-8(3-12)4-13-10(7)15-6-9(11)5-14-15/h2,4-6H,3,12H2,1H3. The summed E-state index contributed by atoms with van der Waals surface area (Å²) in [6, 6.07) is 2.03. The normalized spacial score (nSPS) is 10.6. The van der Waals surface area contributed by atoms with Crippen molar-refractivity contribution in [1.82, 2.24) is 14.8 Å². The molecule has 2 aromatic heterocycles. The molecule has 0 aliphatic heterocycles. The highest BCUT2D eigenvalue weighted by atomic mass is 79.9. The van der Waals surface area contributed by atoms with Crippen LogP contribution in [-0.2, 0) is 6.54 Å². The summed E-state index contributed by atoms with van der Waals surface area (Å²) in [6.45, 7) is 2.51. The molecule has 0 fully saturated rings. The van der Waals surface area contributed by atoms with Gasteiger partial charge in [-0.3, -0.25) is 0 Å². The van der Waals surface area contributed by atoms with Crippen molar-refractivity contribution >= 4 is 15.9 Å². The first-order chi connectivity index (χ1) is 7.20. The SMILES string of the molecule is Cc1cc(CN)cnc1-n1cc(Br)cn1. The Hall–Kier alpha value is -1.20. The predicted molar refractivity (Wildman–Crippen MR) is 61.7 cm³/mol. The quantitative estimate of drug-likeness (QED) is 0.902. The summed E-state index contributed by atoms with van der Waals surface area (Å²) in [6.07, 6.45) is 5.38. The van der Waals surface area contributed by atoms with Gasteiger partial charge < -0.3 is 5.73 Å². The molecule has 2 heterocycles. The van der Waals surface area contributed by atoms with Gasteiger partial charge in [-0.05, 0) is 40.0 Å². The van der Waals surface area contributed by atoms with Crippen LogP contribution in [0.1, 0.15) is 11.1 Å². The lowest BCUT2D eigenvalue weighted by molar-refractivity contribution is 0.832. The Balaban J connectivity index is 2.45. The highest BCUT2D eigenvalue weighted by molar-refractivity contribution is 9.10. The fraction of sp³-hybridized carbons (Fsp3) is 0.200. The van der Waals surface area contributed by atoms with Crippen LogP contribution in [0, 0.1) is 6.92 Å². The van der Waals surface area contributed by atoms with Crippen molar-refractivity contribution in [2.45, 2.75) is 13.5 Å². The average Bonchev–Trinajstić information content (AvgIpc) is 2.64. The summed E-state index contributed by atoms with van der Waals surface area (Å²) in [5, 5.41) is 4.18. The van der Waals surface area contributed by atoms with Gasteiger partial charge in [0, 0.05) is 18.9 Å². The first-order valence-corrected chi connectivity index (χ1v) is 5.36. The minimum Gasteiger partial charge on any atom is -0.326 e. The molecule has 4 nitrogen and oxygen atoms in total. The van der Waals surface area contributed by atoms with Gasteiger partial charge in [0.25, 0.3) is 0 Å². The van der Waals surface area contributed by atoms with Crippen LogP contribution in [-0.4, -0.2) is 14.8 Å². The van der Waals surface area contributed by atoms with E-state index in [9.17, 15) is 0 Å². The number of hydrogen-bond acceptors (Lipinski definition) is 3. The van der Waals surface area contributed by atoms with Crippen molar-refractivity contribution < 1.29 is 0 Å². The molecule has 0 atom stereocenters. The minimum atomic E-state index is 0.511. The van der Waals surface area contributed by atoms with Crippen LogP contribution in [0.5, 0.6) is 0 Å². The number of halogens is 1. The Morgan fingerprint density at radius 1 is 1.47 bits per heavy atom. The zero-order chi connectivity index (χ0) is 10.8. The van der Waals surface area contributed by atoms with E-state index in [1.54, 1.807) is 17.1 Å². The van der Waals surface area contributed by atoms with Crippen molar-refractivity contribution in [2.24, 2.45) is 5.73 Å². The highest BCUT2D eigenvalue weighted by Gasteiger charge is 2.04. The van der Waals surface area contributed by atoms with Crippen LogP contribution in [0.15, 0.2) is 29.1 Å². The Morgan fingerprint density at radius 3 is 2.80 bits per heavy atom. The summed E-state index contributed by atoms with van der Waals surface area (Å²) in [7, 11) is 0. The first kappa shape index (κ1) is 10.3. The maximum Gasteiger partial charge on any atom is 0.156 e. The Kier molecular flexibility index (Phi) is 2.83. The first-order valence-electron chi connectivity index (χ1n) is 4.57. The number of aryl methyl sites for hydroxylation is 1. The van der Waals surface area contributed by atoms with E-state index in [2.05, 4.69) is 26.0 Å². The van der Waals surface area contributed by atoms with Crippen LogP contribution in [0.4, 0.5) is 0 Å². The third-order valence-electron chi connectivity index (χ3n) is 2.11. The van der Waals surface area contributed by atoms with E-state index in [0.717, 1.165) is 21.4 Å². The van der Waals surface area contributed by atoms with E-state index in [4.69, 9.17) is 5.73 Å². The molecule has 0 aliphatic carbocycles. The zero-order valence-corrected chi connectivity index (χ0v) is 9.90. The summed E-state index contributed by atoms with van der Waals surface area (Å²) < 4.78 is 2.67. The number of nitrogens with zero attached hydrogens (tertiary/aromatic N) is 3. The maximum atomic E-state index is 5.54. The van der Waals surface area contributed by atoms with E-state index in [1.807, 2.05) is 19.2 Å². The molecule has 2 rings (SSSR count). The van der Waals surface area contributed by atoms with Crippen LogP contribution in [0.2, 0.25) is 0 Å². The number of aromatic nitrogens is 3. The van der Waals surface area contributed by atoms with E-state index in [-0.39, 0.29) is 0 Å². The molecular weight excluding hydrogens is 256 g/mol. The fourth-order valence-corrected chi connectivity index (χ4v) is 1.68. The Labute approximate surface area is 96.3 Å². The van der Waals surface area contributed by atoms with Crippen molar-refractivity contribution in [3.05, 3.63) is 40.3 Å². The van der Waals surface area contributed by atoms with Gasteiger partial charge in [0.2, 0.25) is 0 Å². The maximum absolute atomic E-state index is 5.54. The summed E-state index contributed by atoms with van der Waals surface area (Å²) >= 11 is 3.35. The summed E-state index contributed by atoms with van der Waals surface area (Å²) in [4.78, 5) is 4.33. The minimum absolute atomic E-state index is 0.511. The van der Waals surface area contributed by atoms with Crippen LogP contribution >= 0.6 is 15.9 Å². The van der Waals surface area contributed by atoms with Gasteiger partial charge in [0.05, 0.1) is 10.7 Å². The molecule has 0 saturated carbocycles. The molecule has 0 spiro atoms. The monoisotopic (exact) mass is 266 g/mol. The average molecular weight is 267 g/mol. The highest BCUT2D eigenvalue weighted by Crippen LogP contribution is 2.14. The largest absolute Gasteiger partial charge is 0.326 e. The van der Waals surface area contributed by atoms with E-state index < -0.39 is 0 Å². The van der Waals surface area contributed by atoms with Crippen LogP contribution in [0.3, 0.4) is 0 Å². The predicted octanol–water partition coefficient (Wildman–Crippen LogP) is 1.80. The molecule has 0 aromatic carbocycles. The molecule has 0 radical (unpaired) electrons. The fourth-order valence-electron chi connectivity index (χ4n) is 1.39. The topological polar surface area (TPSA) is 56.7 Å². The van der Waals surface area contributed by atoms with Crippen molar-refractivity contribution in [1.29, 1.82) is 0 Å². The van der Waals surface area contributed by atoms with Gasteiger partial charge in [0.1, 0.15) is 0 Å². The second kappa shape index (κ2) is 4.12. The Morgan fingerprint density at radius 2 is 2.27 bits per heavy atom. The van der Waals surface area contributed by atoms with Gasteiger partial charge in [-0.25, -0.2) is 9.67 Å². The molecule has 15 heavy (non-hydrogen) atoms. The number of hydrogen-bond donors (Lipinski definition) is 1. The number of pyridine rings is 1. The smallest absolute Gasteiger partial charge is 0.156 e. The van der Waals surface area contributed by atoms with E-state index in [0.29, 0.717) is 6.54 Å². The Bertz CT molecular complexity index is 478. The third kappa shape index (κ3) is 2.08. The molecule has 0 unspecified atom stereocenters. The number of rotatable bonds is 2. The second-order valence-electron chi connectivity index (χ2n) is 3.29. The molecule has 0 saturated heterocycles. The lowest BCUT2D eigenvalue weighted by Gasteiger charge is -2.05. The van der Waals surface area contributed by atoms with Gasteiger partial charge in [-0.15, -0.1) is 0 Å². The van der Waals surface area contributed by atoms with Gasteiger partial charge >= 0.3 is 0 Å². The van der Waals surface area contributed by atoms with E-state index in [1.165, 1.54) is 0 Å². The van der Waals surface area contributed by atoms with Crippen molar-refractivity contribution in [2.75, 3.05) is 0 Å². The molecule has 2 aromatic rings. The molecule has 0 aliphatic rings. The lowest BCUT2D eigenvalue weighted by Crippen LogP contribution is -2.04. The molecule has 2 N–H and O–H groups in total. The summed E-state index contributed by atoms with van der Waals surface area (Å²) in [5.74, 6) is 0.831. The van der Waals surface area contributed by atoms with Gasteiger partial charge in [0.15, 0.2) is 5.82 Å². The van der Waals surface area contributed by atoms with Gasteiger partial charge in [-0.1, -0.05) is 0 Å². The van der Waals surface area contributed by atoms with Crippen molar-refractivity contribution in [3.8, 4) is 5.82 Å². The second-order valence-corrected chi connectivity index (χ2v) is 4.21. The van der Waals surface area contributed by atoms with Gasteiger partial charge in [-0.2, -0.15) is 5.10 Å².